The second kappa shape index (κ2) is 7.70. The summed E-state index contributed by atoms with van der Waals surface area (Å²) in [7, 11) is 1.65. The lowest BCUT2D eigenvalue weighted by molar-refractivity contribution is -0.120. The smallest absolute Gasteiger partial charge is 0.219 e. The lowest BCUT2D eigenvalue weighted by Crippen LogP contribution is -2.33. The highest BCUT2D eigenvalue weighted by molar-refractivity contribution is 7.80. The van der Waals surface area contributed by atoms with Gasteiger partial charge in [-0.1, -0.05) is 19.1 Å². The van der Waals surface area contributed by atoms with E-state index < -0.39 is 0 Å². The molecule has 0 atom stereocenters. The Morgan fingerprint density at radius 3 is 2.64 bits per heavy atom. The number of nitrogens with two attached hydrogens (primary N) is 1. The summed E-state index contributed by atoms with van der Waals surface area (Å²) in [5, 5.41) is 2.59. The van der Waals surface area contributed by atoms with Crippen molar-refractivity contribution in [3.63, 3.8) is 0 Å². The maximum absolute atomic E-state index is 10.9. The molecule has 0 saturated carbocycles. The van der Waals surface area contributed by atoms with Gasteiger partial charge in [-0.25, -0.2) is 0 Å². The molecule has 0 aliphatic rings. The van der Waals surface area contributed by atoms with Crippen molar-refractivity contribution in [3.8, 4) is 0 Å². The summed E-state index contributed by atoms with van der Waals surface area (Å²) in [5.41, 5.74) is 5.44. The molecule has 0 fully saturated rings. The van der Waals surface area contributed by atoms with Crippen LogP contribution in [0.4, 0.5) is 0 Å². The fourth-order valence-electron chi connectivity index (χ4n) is 1.16. The molecule has 0 aromatic rings. The van der Waals surface area contributed by atoms with Crippen molar-refractivity contribution in [2.45, 2.75) is 19.8 Å². The average molecular weight is 217 g/mol. The Balaban J connectivity index is 3.62. The number of rotatable bonds is 7. The summed E-state index contributed by atoms with van der Waals surface area (Å²) >= 11 is 4.82. The lowest BCUT2D eigenvalue weighted by Gasteiger charge is -2.18. The summed E-state index contributed by atoms with van der Waals surface area (Å²) in [6.07, 6.45) is 1.40. The molecule has 0 unspecified atom stereocenters. The SMILES string of the molecule is CCN(CCCC(=O)NC)CC(N)=S. The van der Waals surface area contributed by atoms with Crippen LogP contribution in [0.15, 0.2) is 0 Å². The van der Waals surface area contributed by atoms with Crippen LogP contribution in [0.25, 0.3) is 0 Å². The summed E-state index contributed by atoms with van der Waals surface area (Å²) in [5.74, 6) is 0.0800. The van der Waals surface area contributed by atoms with E-state index >= 15 is 0 Å². The fourth-order valence-corrected chi connectivity index (χ4v) is 1.34. The first-order valence-corrected chi connectivity index (χ1v) is 5.22. The molecule has 82 valence electrons. The molecule has 0 heterocycles. The van der Waals surface area contributed by atoms with Gasteiger partial charge in [0.15, 0.2) is 0 Å². The molecule has 0 radical (unpaired) electrons. The number of hydrogen-bond donors (Lipinski definition) is 2. The maximum atomic E-state index is 10.9. The minimum absolute atomic E-state index is 0.0800. The van der Waals surface area contributed by atoms with E-state index in [1.165, 1.54) is 0 Å². The summed E-state index contributed by atoms with van der Waals surface area (Å²) in [4.78, 5) is 13.6. The van der Waals surface area contributed by atoms with Gasteiger partial charge in [-0.15, -0.1) is 0 Å². The highest BCUT2D eigenvalue weighted by atomic mass is 32.1. The third kappa shape index (κ3) is 6.80. The predicted octanol–water partition coefficient (Wildman–Crippen LogP) is 0.121. The molecular weight excluding hydrogens is 198 g/mol. The molecule has 0 aromatic heterocycles. The second-order valence-corrected chi connectivity index (χ2v) is 3.64. The van der Waals surface area contributed by atoms with Gasteiger partial charge in [0.05, 0.1) is 4.99 Å². The van der Waals surface area contributed by atoms with E-state index in [-0.39, 0.29) is 5.91 Å². The van der Waals surface area contributed by atoms with Crippen molar-refractivity contribution < 1.29 is 4.79 Å². The first-order chi connectivity index (χ1) is 6.60. The number of amides is 1. The van der Waals surface area contributed by atoms with Gasteiger partial charge < -0.3 is 11.1 Å². The normalized spacial score (nSPS) is 10.2. The van der Waals surface area contributed by atoms with Crippen molar-refractivity contribution in [1.82, 2.24) is 10.2 Å². The van der Waals surface area contributed by atoms with Crippen LogP contribution in [-0.4, -0.2) is 42.5 Å². The zero-order valence-electron chi connectivity index (χ0n) is 8.88. The van der Waals surface area contributed by atoms with E-state index in [0.717, 1.165) is 19.5 Å². The molecule has 0 aromatic carbocycles. The highest BCUT2D eigenvalue weighted by Crippen LogP contribution is 1.95. The molecule has 14 heavy (non-hydrogen) atoms. The van der Waals surface area contributed by atoms with E-state index in [1.54, 1.807) is 7.05 Å². The van der Waals surface area contributed by atoms with E-state index in [1.807, 2.05) is 0 Å². The van der Waals surface area contributed by atoms with Gasteiger partial charge in [-0.3, -0.25) is 9.69 Å². The quantitative estimate of drug-likeness (QED) is 0.595. The zero-order chi connectivity index (χ0) is 11.0. The van der Waals surface area contributed by atoms with Crippen LogP contribution in [0.3, 0.4) is 0 Å². The topological polar surface area (TPSA) is 58.4 Å². The fraction of sp³-hybridized carbons (Fsp3) is 0.778. The largest absolute Gasteiger partial charge is 0.392 e. The van der Waals surface area contributed by atoms with Crippen molar-refractivity contribution in [1.29, 1.82) is 0 Å². The van der Waals surface area contributed by atoms with E-state index in [0.29, 0.717) is 18.0 Å². The van der Waals surface area contributed by atoms with Crippen molar-refractivity contribution in [2.24, 2.45) is 5.73 Å². The van der Waals surface area contributed by atoms with Gasteiger partial charge in [0.25, 0.3) is 0 Å². The molecule has 0 bridgehead atoms. The molecule has 0 aliphatic heterocycles. The minimum atomic E-state index is 0.0800. The standard InChI is InChI=1S/C9H19N3OS/c1-3-12(7-8(10)14)6-4-5-9(13)11-2/h3-7H2,1-2H3,(H2,10,14)(H,11,13). The first-order valence-electron chi connectivity index (χ1n) is 4.81. The molecule has 5 heteroatoms. The summed E-state index contributed by atoms with van der Waals surface area (Å²) < 4.78 is 0. The molecule has 1 amide bonds. The van der Waals surface area contributed by atoms with Crippen molar-refractivity contribution >= 4 is 23.1 Å². The maximum Gasteiger partial charge on any atom is 0.219 e. The molecule has 4 nitrogen and oxygen atoms in total. The van der Waals surface area contributed by atoms with Gasteiger partial charge in [-0.2, -0.15) is 0 Å². The van der Waals surface area contributed by atoms with Gasteiger partial charge in [0.2, 0.25) is 5.91 Å². The molecule has 0 aliphatic carbocycles. The molecule has 0 rings (SSSR count). The van der Waals surface area contributed by atoms with Gasteiger partial charge in [0, 0.05) is 20.0 Å². The molecule has 0 saturated heterocycles. The van der Waals surface area contributed by atoms with Crippen LogP contribution in [0.5, 0.6) is 0 Å². The summed E-state index contributed by atoms with van der Waals surface area (Å²) in [6.45, 7) is 4.46. The number of thiocarbonyl (C=S) groups is 1. The van der Waals surface area contributed by atoms with Crippen LogP contribution in [0, 0.1) is 0 Å². The minimum Gasteiger partial charge on any atom is -0.392 e. The third-order valence-electron chi connectivity index (χ3n) is 1.98. The predicted molar refractivity (Wildman–Crippen MR) is 62.2 cm³/mol. The van der Waals surface area contributed by atoms with Gasteiger partial charge >= 0.3 is 0 Å². The number of carbonyl (C=O) groups is 1. The monoisotopic (exact) mass is 217 g/mol. The Labute approximate surface area is 90.8 Å². The number of nitrogens with one attached hydrogen (secondary N) is 1. The Hall–Kier alpha value is -0.680. The number of hydrogen-bond acceptors (Lipinski definition) is 3. The number of likely N-dealkylation sites (N-methyl/N-ethyl adjacent to an activating group) is 1. The zero-order valence-corrected chi connectivity index (χ0v) is 9.69. The average Bonchev–Trinajstić information content (AvgIpc) is 2.15. The van der Waals surface area contributed by atoms with Crippen molar-refractivity contribution in [2.75, 3.05) is 26.7 Å². The van der Waals surface area contributed by atoms with Crippen LogP contribution >= 0.6 is 12.2 Å². The van der Waals surface area contributed by atoms with Gasteiger partial charge in [0.1, 0.15) is 0 Å². The Kier molecular flexibility index (Phi) is 7.32. The van der Waals surface area contributed by atoms with Gasteiger partial charge in [-0.05, 0) is 19.5 Å². The molecule has 0 spiro atoms. The highest BCUT2D eigenvalue weighted by Gasteiger charge is 2.04. The molecular formula is C9H19N3OS. The van der Waals surface area contributed by atoms with E-state index in [2.05, 4.69) is 17.1 Å². The Morgan fingerprint density at radius 1 is 1.57 bits per heavy atom. The van der Waals surface area contributed by atoms with E-state index in [9.17, 15) is 4.79 Å². The van der Waals surface area contributed by atoms with E-state index in [4.69, 9.17) is 18.0 Å². The van der Waals surface area contributed by atoms with Crippen LogP contribution in [0.1, 0.15) is 19.8 Å². The summed E-state index contributed by atoms with van der Waals surface area (Å²) in [6, 6.07) is 0. The van der Waals surface area contributed by atoms with Crippen LogP contribution in [-0.2, 0) is 4.79 Å². The van der Waals surface area contributed by atoms with Crippen LogP contribution in [0.2, 0.25) is 0 Å². The molecule has 3 N–H and O–H groups in total. The third-order valence-corrected chi connectivity index (χ3v) is 2.11. The number of carbonyl (C=O) groups excluding carboxylic acids is 1. The second-order valence-electron chi connectivity index (χ2n) is 3.11. The Morgan fingerprint density at radius 2 is 2.21 bits per heavy atom. The Bertz CT molecular complexity index is 196. The first kappa shape index (κ1) is 13.3. The lowest BCUT2D eigenvalue weighted by atomic mass is 10.2. The van der Waals surface area contributed by atoms with Crippen molar-refractivity contribution in [3.05, 3.63) is 0 Å². The number of nitrogens with zero attached hydrogens (tertiary/aromatic N) is 1. The van der Waals surface area contributed by atoms with Crippen LogP contribution < -0.4 is 11.1 Å².